The fraction of sp³-hybridized carbons (Fsp3) is 0.583. The van der Waals surface area contributed by atoms with Crippen LogP contribution in [0.2, 0.25) is 0 Å². The maximum absolute atomic E-state index is 11.1. The van der Waals surface area contributed by atoms with Crippen LogP contribution in [0.15, 0.2) is 22.9 Å². The van der Waals surface area contributed by atoms with Crippen LogP contribution in [0.4, 0.5) is 0 Å². The Bertz CT molecular complexity index is 237. The quantitative estimate of drug-likeness (QED) is 0.556. The number of allylic oxidation sites excluding steroid dienone is 4. The van der Waals surface area contributed by atoms with Gasteiger partial charge in [-0.2, -0.15) is 0 Å². The molecule has 0 aromatic carbocycles. The lowest BCUT2D eigenvalue weighted by molar-refractivity contribution is -0.113. The molecule has 2 heteroatoms. The molecule has 0 unspecified atom stereocenters. The largest absolute Gasteiger partial charge is 0.391 e. The smallest absolute Gasteiger partial charge is 0.159 e. The average Bonchev–Trinajstić information content (AvgIpc) is 2.20. The fourth-order valence-electron chi connectivity index (χ4n) is 1.07. The van der Waals surface area contributed by atoms with Gasteiger partial charge < -0.3 is 5.32 Å². The predicted molar refractivity (Wildman–Crippen MR) is 63.2 cm³/mol. The molecule has 0 rings (SSSR count). The molecule has 0 aliphatic rings. The first-order valence-electron chi connectivity index (χ1n) is 5.07. The Morgan fingerprint density at radius 3 is 1.79 bits per heavy atom. The molecule has 0 aromatic heterocycles. The SMILES string of the molecule is C/C=C(C(C)=O)/C(C)=C(/C)NC.CC. The monoisotopic (exact) mass is 197 g/mol. The molecule has 0 aromatic rings. The van der Waals surface area contributed by atoms with Gasteiger partial charge in [0.05, 0.1) is 0 Å². The number of hydrogen-bond acceptors (Lipinski definition) is 2. The normalized spacial score (nSPS) is 12.4. The van der Waals surface area contributed by atoms with Crippen molar-refractivity contribution in [1.29, 1.82) is 0 Å². The van der Waals surface area contributed by atoms with E-state index >= 15 is 0 Å². The topological polar surface area (TPSA) is 29.1 Å². The number of rotatable bonds is 3. The van der Waals surface area contributed by atoms with Crippen LogP contribution in [0, 0.1) is 0 Å². The third-order valence-corrected chi connectivity index (χ3v) is 2.01. The third kappa shape index (κ3) is 4.85. The van der Waals surface area contributed by atoms with Gasteiger partial charge in [-0.15, -0.1) is 0 Å². The highest BCUT2D eigenvalue weighted by Gasteiger charge is 2.06. The molecule has 2 nitrogen and oxygen atoms in total. The van der Waals surface area contributed by atoms with Crippen molar-refractivity contribution >= 4 is 5.78 Å². The molecule has 0 aliphatic carbocycles. The van der Waals surface area contributed by atoms with E-state index in [1.807, 2.05) is 47.7 Å². The highest BCUT2D eigenvalue weighted by atomic mass is 16.1. The van der Waals surface area contributed by atoms with Crippen LogP contribution in [0.25, 0.3) is 0 Å². The minimum absolute atomic E-state index is 0.115. The second kappa shape index (κ2) is 8.54. The molecule has 14 heavy (non-hydrogen) atoms. The highest BCUT2D eigenvalue weighted by molar-refractivity contribution is 5.97. The van der Waals surface area contributed by atoms with Gasteiger partial charge in [-0.05, 0) is 33.3 Å². The van der Waals surface area contributed by atoms with Crippen LogP contribution in [-0.2, 0) is 4.79 Å². The predicted octanol–water partition coefficient (Wildman–Crippen LogP) is 3.06. The Kier molecular flexibility index (Phi) is 9.41. The summed E-state index contributed by atoms with van der Waals surface area (Å²) in [5.74, 6) is 0.115. The van der Waals surface area contributed by atoms with E-state index in [-0.39, 0.29) is 5.78 Å². The molecule has 0 saturated heterocycles. The average molecular weight is 197 g/mol. The molecule has 82 valence electrons. The molecule has 0 fully saturated rings. The summed E-state index contributed by atoms with van der Waals surface area (Å²) in [7, 11) is 1.85. The molecule has 0 aliphatic heterocycles. The van der Waals surface area contributed by atoms with Crippen molar-refractivity contribution in [2.75, 3.05) is 7.05 Å². The van der Waals surface area contributed by atoms with Crippen LogP contribution >= 0.6 is 0 Å². The van der Waals surface area contributed by atoms with Crippen molar-refractivity contribution in [3.8, 4) is 0 Å². The van der Waals surface area contributed by atoms with Gasteiger partial charge in [-0.3, -0.25) is 4.79 Å². The fourth-order valence-corrected chi connectivity index (χ4v) is 1.07. The summed E-state index contributed by atoms with van der Waals surface area (Å²) in [5, 5.41) is 3.02. The number of ketones is 1. The number of carbonyl (C=O) groups excluding carboxylic acids is 1. The minimum Gasteiger partial charge on any atom is -0.391 e. The molecular weight excluding hydrogens is 174 g/mol. The van der Waals surface area contributed by atoms with Gasteiger partial charge in [0.2, 0.25) is 0 Å². The van der Waals surface area contributed by atoms with Gasteiger partial charge in [0.1, 0.15) is 0 Å². The van der Waals surface area contributed by atoms with Crippen molar-refractivity contribution in [3.63, 3.8) is 0 Å². The van der Waals surface area contributed by atoms with Gasteiger partial charge in [0, 0.05) is 18.3 Å². The summed E-state index contributed by atoms with van der Waals surface area (Å²) in [6.45, 7) is 11.4. The molecule has 0 saturated carbocycles. The van der Waals surface area contributed by atoms with Crippen molar-refractivity contribution in [1.82, 2.24) is 5.32 Å². The van der Waals surface area contributed by atoms with Crippen LogP contribution in [0.3, 0.4) is 0 Å². The van der Waals surface area contributed by atoms with E-state index in [9.17, 15) is 4.79 Å². The summed E-state index contributed by atoms with van der Waals surface area (Å²) in [6.07, 6.45) is 1.85. The zero-order chi connectivity index (χ0) is 11.7. The zero-order valence-electron chi connectivity index (χ0n) is 10.5. The summed E-state index contributed by atoms with van der Waals surface area (Å²) in [6, 6.07) is 0. The molecule has 0 atom stereocenters. The number of carbonyl (C=O) groups is 1. The molecule has 0 amide bonds. The lowest BCUT2D eigenvalue weighted by atomic mass is 10.0. The number of hydrogen-bond donors (Lipinski definition) is 1. The summed E-state index contributed by atoms with van der Waals surface area (Å²) in [4.78, 5) is 11.1. The Hall–Kier alpha value is -1.05. The zero-order valence-corrected chi connectivity index (χ0v) is 10.5. The maximum atomic E-state index is 11.1. The van der Waals surface area contributed by atoms with E-state index in [1.54, 1.807) is 6.92 Å². The van der Waals surface area contributed by atoms with Crippen LogP contribution in [0.5, 0.6) is 0 Å². The van der Waals surface area contributed by atoms with Crippen molar-refractivity contribution in [2.45, 2.75) is 41.5 Å². The van der Waals surface area contributed by atoms with Gasteiger partial charge in [0.25, 0.3) is 0 Å². The lowest BCUT2D eigenvalue weighted by Crippen LogP contribution is -2.08. The van der Waals surface area contributed by atoms with E-state index in [4.69, 9.17) is 0 Å². The lowest BCUT2D eigenvalue weighted by Gasteiger charge is -2.08. The standard InChI is InChI=1S/C10H17NO.C2H6/c1-6-10(9(4)12)7(2)8(3)11-5;1-2/h6,11H,1-5H3;1-2H3/b8-7-,10-6-;. The molecule has 1 N–H and O–H groups in total. The first-order chi connectivity index (χ1) is 6.54. The molecular formula is C12H23NO. The van der Waals surface area contributed by atoms with Crippen molar-refractivity contribution in [3.05, 3.63) is 22.9 Å². The van der Waals surface area contributed by atoms with E-state index in [0.717, 1.165) is 16.8 Å². The number of Topliss-reactive ketones (excluding diaryl/α,β-unsaturated/α-hetero) is 1. The minimum atomic E-state index is 0.115. The van der Waals surface area contributed by atoms with Gasteiger partial charge in [-0.1, -0.05) is 19.9 Å². The Balaban J connectivity index is 0. The summed E-state index contributed by atoms with van der Waals surface area (Å²) in [5.41, 5.74) is 2.85. The first kappa shape index (κ1) is 15.4. The van der Waals surface area contributed by atoms with E-state index in [2.05, 4.69) is 5.32 Å². The Morgan fingerprint density at radius 1 is 1.14 bits per heavy atom. The Labute approximate surface area is 88.1 Å². The molecule has 0 radical (unpaired) electrons. The van der Waals surface area contributed by atoms with Gasteiger partial charge in [-0.25, -0.2) is 0 Å². The molecule has 0 spiro atoms. The first-order valence-corrected chi connectivity index (χ1v) is 5.07. The van der Waals surface area contributed by atoms with Crippen LogP contribution in [-0.4, -0.2) is 12.8 Å². The summed E-state index contributed by atoms with van der Waals surface area (Å²) < 4.78 is 0. The van der Waals surface area contributed by atoms with Crippen LogP contribution < -0.4 is 5.32 Å². The van der Waals surface area contributed by atoms with Crippen LogP contribution in [0.1, 0.15) is 41.5 Å². The third-order valence-electron chi connectivity index (χ3n) is 2.01. The van der Waals surface area contributed by atoms with Gasteiger partial charge in [0.15, 0.2) is 5.78 Å². The van der Waals surface area contributed by atoms with E-state index < -0.39 is 0 Å². The molecule has 0 bridgehead atoms. The molecule has 0 heterocycles. The van der Waals surface area contributed by atoms with E-state index in [1.165, 1.54) is 0 Å². The van der Waals surface area contributed by atoms with Crippen molar-refractivity contribution < 1.29 is 4.79 Å². The van der Waals surface area contributed by atoms with Crippen molar-refractivity contribution in [2.24, 2.45) is 0 Å². The second-order valence-corrected chi connectivity index (χ2v) is 2.76. The maximum Gasteiger partial charge on any atom is 0.159 e. The Morgan fingerprint density at radius 2 is 1.57 bits per heavy atom. The summed E-state index contributed by atoms with van der Waals surface area (Å²) >= 11 is 0. The highest BCUT2D eigenvalue weighted by Crippen LogP contribution is 2.13. The second-order valence-electron chi connectivity index (χ2n) is 2.76. The number of nitrogens with one attached hydrogen (secondary N) is 1. The van der Waals surface area contributed by atoms with E-state index in [0.29, 0.717) is 0 Å². The van der Waals surface area contributed by atoms with Gasteiger partial charge >= 0.3 is 0 Å².